The molecule has 0 aliphatic carbocycles. The summed E-state index contributed by atoms with van der Waals surface area (Å²) in [6, 6.07) is 6.76. The smallest absolute Gasteiger partial charge is 0.328 e. The predicted octanol–water partition coefficient (Wildman–Crippen LogP) is 5.24. The van der Waals surface area contributed by atoms with Gasteiger partial charge in [-0.3, -0.25) is 4.79 Å². The number of nitrogens with one attached hydrogen (secondary N) is 1. The van der Waals surface area contributed by atoms with Crippen LogP contribution in [0.15, 0.2) is 53.6 Å². The maximum absolute atomic E-state index is 12.3. The molecule has 0 fully saturated rings. The van der Waals surface area contributed by atoms with Crippen molar-refractivity contribution in [2.75, 3.05) is 0 Å². The highest BCUT2D eigenvalue weighted by Crippen LogP contribution is 2.30. The van der Waals surface area contributed by atoms with E-state index in [0.29, 0.717) is 5.39 Å². The number of hydrogen-bond donors (Lipinski definition) is 1. The van der Waals surface area contributed by atoms with E-state index in [2.05, 4.69) is 19.9 Å². The molecule has 0 radical (unpaired) electrons. The highest BCUT2D eigenvalue weighted by Gasteiger charge is 2.33. The van der Waals surface area contributed by atoms with Gasteiger partial charge in [-0.25, -0.2) is 15.0 Å². The molecule has 12 heteroatoms. The van der Waals surface area contributed by atoms with Gasteiger partial charge in [-0.15, -0.1) is 0 Å². The zero-order valence-corrected chi connectivity index (χ0v) is 15.3. The van der Waals surface area contributed by atoms with Crippen LogP contribution in [-0.4, -0.2) is 19.9 Å². The lowest BCUT2D eigenvalue weighted by Gasteiger charge is -2.06. The fraction of sp³-hybridized carbons (Fsp3) is 0.111. The van der Waals surface area contributed by atoms with Crippen LogP contribution in [0.5, 0.6) is 0 Å². The van der Waals surface area contributed by atoms with Crippen LogP contribution in [0.2, 0.25) is 5.15 Å². The van der Waals surface area contributed by atoms with Crippen LogP contribution in [0, 0.1) is 0 Å². The molecule has 0 spiro atoms. The molecule has 0 aliphatic heterocycles. The maximum atomic E-state index is 12.3. The normalized spacial score (nSPS) is 12.0. The summed E-state index contributed by atoms with van der Waals surface area (Å²) in [6.45, 7) is 0. The van der Waals surface area contributed by atoms with E-state index in [4.69, 9.17) is 11.6 Å². The van der Waals surface area contributed by atoms with Gasteiger partial charge < -0.3 is 4.98 Å². The van der Waals surface area contributed by atoms with Gasteiger partial charge in [0.25, 0.3) is 5.56 Å². The van der Waals surface area contributed by atoms with Gasteiger partial charge in [-0.05, 0) is 36.4 Å². The molecule has 0 saturated heterocycles. The molecule has 0 aromatic carbocycles. The first-order valence-electron chi connectivity index (χ1n) is 8.01. The van der Waals surface area contributed by atoms with Crippen LogP contribution < -0.4 is 5.56 Å². The van der Waals surface area contributed by atoms with E-state index in [1.807, 2.05) is 0 Å². The average molecular weight is 447 g/mol. The molecular formula is C18H9ClF6N4O. The molecular weight excluding hydrogens is 438 g/mol. The Morgan fingerprint density at radius 2 is 1.30 bits per heavy atom. The quantitative estimate of drug-likeness (QED) is 0.296. The van der Waals surface area contributed by atoms with E-state index in [9.17, 15) is 31.1 Å². The van der Waals surface area contributed by atoms with Crippen LogP contribution in [0.4, 0.5) is 26.3 Å². The van der Waals surface area contributed by atoms with Crippen LogP contribution in [0.3, 0.4) is 0 Å². The van der Waals surface area contributed by atoms with Gasteiger partial charge >= 0.3 is 12.4 Å². The number of aromatic nitrogens is 4. The van der Waals surface area contributed by atoms with Crippen LogP contribution in [0.25, 0.3) is 21.8 Å². The minimum Gasteiger partial charge on any atom is -0.328 e. The second-order valence-corrected chi connectivity index (χ2v) is 6.15. The summed E-state index contributed by atoms with van der Waals surface area (Å²) >= 11 is 5.69. The molecule has 0 amide bonds. The monoisotopic (exact) mass is 446 g/mol. The van der Waals surface area contributed by atoms with E-state index < -0.39 is 29.3 Å². The minimum atomic E-state index is -4.49. The fourth-order valence-electron chi connectivity index (χ4n) is 2.40. The standard InChI is InChI=1S/C9H4ClF3N2.C9H5F3N2O/c10-8-5-1-2-7(9(11,12)13)15-6(5)3-4-14-8;10-9(11,12)7-2-1-5-6(14-7)3-4-13-8(5)15/h1-4H;1-4H,(H,13,15). The number of hydrogen-bond acceptors (Lipinski definition) is 4. The van der Waals surface area contributed by atoms with Crippen molar-refractivity contribution in [2.45, 2.75) is 12.4 Å². The first-order chi connectivity index (χ1) is 14.0. The van der Waals surface area contributed by atoms with Gasteiger partial charge in [0, 0.05) is 17.8 Å². The van der Waals surface area contributed by atoms with Gasteiger partial charge in [0.2, 0.25) is 0 Å². The average Bonchev–Trinajstić information content (AvgIpc) is 2.67. The Morgan fingerprint density at radius 1 is 0.767 bits per heavy atom. The summed E-state index contributed by atoms with van der Waals surface area (Å²) in [5.74, 6) is 0. The number of pyridine rings is 4. The van der Waals surface area contributed by atoms with E-state index in [1.54, 1.807) is 0 Å². The third kappa shape index (κ3) is 4.67. The van der Waals surface area contributed by atoms with Crippen LogP contribution >= 0.6 is 11.6 Å². The Kier molecular flexibility index (Phi) is 5.66. The third-order valence-corrected chi connectivity index (χ3v) is 4.07. The van der Waals surface area contributed by atoms with Crippen molar-refractivity contribution < 1.29 is 26.3 Å². The molecule has 156 valence electrons. The molecule has 0 atom stereocenters. The van der Waals surface area contributed by atoms with E-state index in [-0.39, 0.29) is 21.6 Å². The first kappa shape index (κ1) is 21.5. The number of alkyl halides is 6. The second kappa shape index (κ2) is 7.90. The molecule has 4 aromatic rings. The predicted molar refractivity (Wildman–Crippen MR) is 96.9 cm³/mol. The molecule has 4 aromatic heterocycles. The molecule has 1 N–H and O–H groups in total. The van der Waals surface area contributed by atoms with Gasteiger partial charge in [0.1, 0.15) is 16.5 Å². The van der Waals surface area contributed by atoms with Crippen LogP contribution in [-0.2, 0) is 12.4 Å². The van der Waals surface area contributed by atoms with E-state index >= 15 is 0 Å². The van der Waals surface area contributed by atoms with Crippen molar-refractivity contribution in [2.24, 2.45) is 0 Å². The van der Waals surface area contributed by atoms with Crippen molar-refractivity contribution in [3.05, 3.63) is 75.7 Å². The Morgan fingerprint density at radius 3 is 1.87 bits per heavy atom. The van der Waals surface area contributed by atoms with Crippen molar-refractivity contribution in [3.8, 4) is 0 Å². The van der Waals surface area contributed by atoms with Crippen molar-refractivity contribution in [3.63, 3.8) is 0 Å². The maximum Gasteiger partial charge on any atom is 0.433 e. The molecule has 0 bridgehead atoms. The first-order valence-corrected chi connectivity index (χ1v) is 8.39. The summed E-state index contributed by atoms with van der Waals surface area (Å²) in [5, 5.41) is 0.700. The van der Waals surface area contributed by atoms with Gasteiger partial charge in [0.05, 0.1) is 16.4 Å². The Balaban J connectivity index is 0.000000171. The SMILES string of the molecule is FC(F)(F)c1ccc2c(Cl)nccc2n1.O=c1[nH]ccc2nc(C(F)(F)F)ccc12. The Bertz CT molecular complexity index is 1270. The second-order valence-electron chi connectivity index (χ2n) is 5.80. The summed E-state index contributed by atoms with van der Waals surface area (Å²) in [4.78, 5) is 24.1. The van der Waals surface area contributed by atoms with E-state index in [0.717, 1.165) is 18.2 Å². The summed E-state index contributed by atoms with van der Waals surface area (Å²) in [7, 11) is 0. The molecule has 5 nitrogen and oxygen atoms in total. The van der Waals surface area contributed by atoms with Gasteiger partial charge in [-0.2, -0.15) is 26.3 Å². The molecule has 4 heterocycles. The Hall–Kier alpha value is -3.21. The summed E-state index contributed by atoms with van der Waals surface area (Å²) in [6.07, 6.45) is -6.35. The lowest BCUT2D eigenvalue weighted by molar-refractivity contribution is -0.141. The van der Waals surface area contributed by atoms with E-state index in [1.165, 1.54) is 30.6 Å². The fourth-order valence-corrected chi connectivity index (χ4v) is 2.62. The lowest BCUT2D eigenvalue weighted by Crippen LogP contribution is -2.10. The molecule has 0 unspecified atom stereocenters. The van der Waals surface area contributed by atoms with Crippen molar-refractivity contribution in [1.29, 1.82) is 0 Å². The highest BCUT2D eigenvalue weighted by atomic mass is 35.5. The number of rotatable bonds is 0. The third-order valence-electron chi connectivity index (χ3n) is 3.77. The van der Waals surface area contributed by atoms with Gasteiger partial charge in [0.15, 0.2) is 0 Å². The number of fused-ring (bicyclic) bond motifs is 2. The zero-order chi connectivity index (χ0) is 22.1. The van der Waals surface area contributed by atoms with Crippen molar-refractivity contribution in [1.82, 2.24) is 19.9 Å². The minimum absolute atomic E-state index is 0.0357. The number of aromatic amines is 1. The largest absolute Gasteiger partial charge is 0.433 e. The number of nitrogens with zero attached hydrogens (tertiary/aromatic N) is 3. The van der Waals surface area contributed by atoms with Gasteiger partial charge in [-0.1, -0.05) is 11.6 Å². The number of halogens is 7. The Labute approximate surface area is 168 Å². The van der Waals surface area contributed by atoms with Crippen molar-refractivity contribution >= 4 is 33.4 Å². The summed E-state index contributed by atoms with van der Waals surface area (Å²) < 4.78 is 73.7. The zero-order valence-electron chi connectivity index (χ0n) is 14.5. The summed E-state index contributed by atoms with van der Waals surface area (Å²) in [5.41, 5.74) is -2.16. The topological polar surface area (TPSA) is 71.5 Å². The molecule has 0 aliphatic rings. The molecule has 4 rings (SSSR count). The highest BCUT2D eigenvalue weighted by molar-refractivity contribution is 6.34. The number of H-pyrrole nitrogens is 1. The van der Waals surface area contributed by atoms with Crippen LogP contribution in [0.1, 0.15) is 11.4 Å². The lowest BCUT2D eigenvalue weighted by atomic mass is 10.2. The molecule has 0 saturated carbocycles. The molecule has 30 heavy (non-hydrogen) atoms.